The fourth-order valence-electron chi connectivity index (χ4n) is 3.89. The van der Waals surface area contributed by atoms with E-state index in [4.69, 9.17) is 4.74 Å². The van der Waals surface area contributed by atoms with E-state index in [9.17, 15) is 14.9 Å². The monoisotopic (exact) mass is 386 g/mol. The Balaban J connectivity index is 1.56. The van der Waals surface area contributed by atoms with E-state index < -0.39 is 4.92 Å². The van der Waals surface area contributed by atoms with E-state index in [0.717, 1.165) is 18.5 Å². The molecular formula is C18H22N6O4. The van der Waals surface area contributed by atoms with E-state index in [1.165, 1.54) is 6.07 Å². The molecule has 4 heterocycles. The van der Waals surface area contributed by atoms with Crippen molar-refractivity contribution in [1.82, 2.24) is 20.1 Å². The minimum Gasteiger partial charge on any atom is -0.378 e. The van der Waals surface area contributed by atoms with Crippen LogP contribution in [-0.4, -0.2) is 70.3 Å². The number of rotatable bonds is 4. The molecule has 0 radical (unpaired) electrons. The lowest BCUT2D eigenvalue weighted by molar-refractivity contribution is -0.384. The van der Waals surface area contributed by atoms with Gasteiger partial charge in [0.15, 0.2) is 0 Å². The molecule has 10 heteroatoms. The highest BCUT2D eigenvalue weighted by molar-refractivity contribution is 5.95. The summed E-state index contributed by atoms with van der Waals surface area (Å²) in [6, 6.07) is 3.03. The molecular weight excluding hydrogens is 364 g/mol. The van der Waals surface area contributed by atoms with Crippen LogP contribution in [-0.2, 0) is 4.74 Å². The fraction of sp³-hybridized carbons (Fsp3) is 0.500. The number of H-pyrrole nitrogens is 1. The van der Waals surface area contributed by atoms with Gasteiger partial charge in [-0.15, -0.1) is 0 Å². The summed E-state index contributed by atoms with van der Waals surface area (Å²) < 4.78 is 5.32. The van der Waals surface area contributed by atoms with Gasteiger partial charge >= 0.3 is 5.69 Å². The minimum atomic E-state index is -0.407. The molecule has 1 atom stereocenters. The molecule has 0 spiro atoms. The number of carbonyl (C=O) groups is 1. The van der Waals surface area contributed by atoms with E-state index in [1.54, 1.807) is 23.4 Å². The van der Waals surface area contributed by atoms with Crippen molar-refractivity contribution in [3.8, 4) is 0 Å². The number of pyridine rings is 1. The van der Waals surface area contributed by atoms with Gasteiger partial charge in [-0.1, -0.05) is 0 Å². The van der Waals surface area contributed by atoms with Crippen molar-refractivity contribution in [3.63, 3.8) is 0 Å². The van der Waals surface area contributed by atoms with Gasteiger partial charge in [0.25, 0.3) is 5.91 Å². The average molecular weight is 386 g/mol. The fourth-order valence-corrected chi connectivity index (χ4v) is 3.89. The lowest BCUT2D eigenvalue weighted by Gasteiger charge is -2.33. The molecule has 0 aliphatic carbocycles. The lowest BCUT2D eigenvalue weighted by atomic mass is 9.92. The molecule has 2 aromatic rings. The largest absolute Gasteiger partial charge is 0.378 e. The number of nitrogens with zero attached hydrogens (tertiary/aromatic N) is 5. The number of nitro groups is 1. The summed E-state index contributed by atoms with van der Waals surface area (Å²) >= 11 is 0. The highest BCUT2D eigenvalue weighted by Gasteiger charge is 2.31. The third-order valence-electron chi connectivity index (χ3n) is 5.29. The van der Waals surface area contributed by atoms with E-state index >= 15 is 0 Å². The topological polar surface area (TPSA) is 117 Å². The Kier molecular flexibility index (Phi) is 5.20. The number of nitrogens with one attached hydrogen (secondary N) is 1. The zero-order chi connectivity index (χ0) is 19.5. The van der Waals surface area contributed by atoms with Gasteiger partial charge in [0.1, 0.15) is 0 Å². The number of ether oxygens (including phenoxy) is 1. The minimum absolute atomic E-state index is 0.00243. The first-order chi connectivity index (χ1) is 13.6. The number of hydrogen-bond acceptors (Lipinski definition) is 7. The Labute approximate surface area is 161 Å². The van der Waals surface area contributed by atoms with E-state index in [2.05, 4.69) is 15.2 Å². The summed E-state index contributed by atoms with van der Waals surface area (Å²) in [5.41, 5.74) is 1.36. The van der Waals surface area contributed by atoms with Gasteiger partial charge in [-0.2, -0.15) is 5.10 Å². The molecule has 2 fully saturated rings. The smallest absolute Gasteiger partial charge is 0.311 e. The molecule has 148 valence electrons. The summed E-state index contributed by atoms with van der Waals surface area (Å²) in [5.74, 6) is 0.351. The molecule has 4 rings (SSSR count). The third-order valence-corrected chi connectivity index (χ3v) is 5.29. The number of aromatic nitrogens is 3. The van der Waals surface area contributed by atoms with Crippen LogP contribution in [0.15, 0.2) is 24.5 Å². The van der Waals surface area contributed by atoms with Gasteiger partial charge in [-0.25, -0.2) is 4.98 Å². The van der Waals surface area contributed by atoms with Crippen molar-refractivity contribution < 1.29 is 14.5 Å². The number of anilines is 1. The highest BCUT2D eigenvalue weighted by atomic mass is 16.6. The Morgan fingerprint density at radius 1 is 1.32 bits per heavy atom. The standard InChI is InChI=1S/C18H22N6O4/c25-18(22-7-9-28-10-8-22)14-11-20-21-16(14)13-3-2-6-23(12-13)17-15(24(26)27)4-1-5-19-17/h1,4-5,11,13H,2-3,6-10,12H2,(H,20,21). The quantitative estimate of drug-likeness (QED) is 0.626. The number of aromatic amines is 1. The second-order valence-electron chi connectivity index (χ2n) is 6.99. The summed E-state index contributed by atoms with van der Waals surface area (Å²) in [4.78, 5) is 31.8. The van der Waals surface area contributed by atoms with Crippen LogP contribution in [0.4, 0.5) is 11.5 Å². The van der Waals surface area contributed by atoms with Crippen molar-refractivity contribution in [1.29, 1.82) is 0 Å². The summed E-state index contributed by atoms with van der Waals surface area (Å²) in [6.07, 6.45) is 4.87. The molecule has 2 aliphatic rings. The maximum atomic E-state index is 12.9. The molecule has 0 saturated carbocycles. The van der Waals surface area contributed by atoms with Gasteiger partial charge < -0.3 is 14.5 Å². The highest BCUT2D eigenvalue weighted by Crippen LogP contribution is 2.33. The second-order valence-corrected chi connectivity index (χ2v) is 6.99. The van der Waals surface area contributed by atoms with Crippen LogP contribution in [0.2, 0.25) is 0 Å². The molecule has 1 unspecified atom stereocenters. The Morgan fingerprint density at radius 2 is 2.14 bits per heavy atom. The first-order valence-corrected chi connectivity index (χ1v) is 9.40. The number of hydrogen-bond donors (Lipinski definition) is 1. The second kappa shape index (κ2) is 7.93. The van der Waals surface area contributed by atoms with E-state index in [1.807, 2.05) is 4.90 Å². The third kappa shape index (κ3) is 3.55. The number of morpholine rings is 1. The van der Waals surface area contributed by atoms with Crippen LogP contribution >= 0.6 is 0 Å². The predicted octanol–water partition coefficient (Wildman–Crippen LogP) is 1.57. The summed E-state index contributed by atoms with van der Waals surface area (Å²) in [6.45, 7) is 3.46. The molecule has 1 amide bonds. The van der Waals surface area contributed by atoms with Crippen molar-refractivity contribution >= 4 is 17.4 Å². The lowest BCUT2D eigenvalue weighted by Crippen LogP contribution is -2.41. The molecule has 1 N–H and O–H groups in total. The summed E-state index contributed by atoms with van der Waals surface area (Å²) in [5, 5.41) is 18.5. The molecule has 2 aliphatic heterocycles. The van der Waals surface area contributed by atoms with Crippen molar-refractivity contribution in [2.75, 3.05) is 44.3 Å². The Bertz CT molecular complexity index is 863. The first-order valence-electron chi connectivity index (χ1n) is 9.40. The maximum Gasteiger partial charge on any atom is 0.311 e. The predicted molar refractivity (Wildman–Crippen MR) is 100 cm³/mol. The van der Waals surface area contributed by atoms with Crippen LogP contribution in [0.3, 0.4) is 0 Å². The molecule has 0 bridgehead atoms. The molecule has 10 nitrogen and oxygen atoms in total. The number of carbonyl (C=O) groups excluding carboxylic acids is 1. The average Bonchev–Trinajstić information content (AvgIpc) is 3.24. The van der Waals surface area contributed by atoms with E-state index in [0.29, 0.717) is 50.8 Å². The Hall–Kier alpha value is -3.01. The number of amides is 1. The van der Waals surface area contributed by atoms with Crippen LogP contribution < -0.4 is 4.90 Å². The molecule has 28 heavy (non-hydrogen) atoms. The zero-order valence-electron chi connectivity index (χ0n) is 15.4. The molecule has 0 aromatic carbocycles. The van der Waals surface area contributed by atoms with Crippen molar-refractivity contribution in [2.24, 2.45) is 0 Å². The Morgan fingerprint density at radius 3 is 2.93 bits per heavy atom. The van der Waals surface area contributed by atoms with E-state index in [-0.39, 0.29) is 17.5 Å². The van der Waals surface area contributed by atoms with Gasteiger partial charge in [0.2, 0.25) is 5.82 Å². The van der Waals surface area contributed by atoms with Crippen LogP contribution in [0.1, 0.15) is 34.8 Å². The van der Waals surface area contributed by atoms with Gasteiger partial charge in [-0.3, -0.25) is 20.0 Å². The summed E-state index contributed by atoms with van der Waals surface area (Å²) in [7, 11) is 0. The number of piperidine rings is 1. The van der Waals surface area contributed by atoms with Gasteiger partial charge in [0.05, 0.1) is 35.6 Å². The first kappa shape index (κ1) is 18.4. The zero-order valence-corrected chi connectivity index (χ0v) is 15.4. The molecule has 2 aromatic heterocycles. The van der Waals surface area contributed by atoms with Gasteiger partial charge in [-0.05, 0) is 18.9 Å². The molecule has 2 saturated heterocycles. The van der Waals surface area contributed by atoms with Crippen molar-refractivity contribution in [3.05, 3.63) is 45.9 Å². The normalized spacial score (nSPS) is 20.2. The van der Waals surface area contributed by atoms with Crippen LogP contribution in [0.5, 0.6) is 0 Å². The van der Waals surface area contributed by atoms with Gasteiger partial charge in [0, 0.05) is 44.4 Å². The van der Waals surface area contributed by atoms with Crippen LogP contribution in [0, 0.1) is 10.1 Å². The SMILES string of the molecule is O=C(c1cn[nH]c1C1CCCN(c2ncccc2[N+](=O)[O-])C1)N1CCOCC1. The van der Waals surface area contributed by atoms with Crippen molar-refractivity contribution in [2.45, 2.75) is 18.8 Å². The maximum absolute atomic E-state index is 12.9. The van der Waals surface area contributed by atoms with Crippen LogP contribution in [0.25, 0.3) is 0 Å².